The average molecular weight is 360 g/mol. The van der Waals surface area contributed by atoms with E-state index in [4.69, 9.17) is 10.7 Å². The van der Waals surface area contributed by atoms with E-state index in [-0.39, 0.29) is 5.91 Å². The number of imidazole rings is 1. The molecule has 138 valence electrons. The lowest BCUT2D eigenvalue weighted by Gasteiger charge is -2.12. The molecule has 0 saturated heterocycles. The Labute approximate surface area is 159 Å². The van der Waals surface area contributed by atoms with E-state index in [9.17, 15) is 4.79 Å². The molecule has 0 spiro atoms. The minimum atomic E-state index is -0.577. The van der Waals surface area contributed by atoms with Gasteiger partial charge in [-0.25, -0.2) is 4.98 Å². The number of aryl methyl sites for hydroxylation is 2. The van der Waals surface area contributed by atoms with Crippen LogP contribution in [0, 0.1) is 0 Å². The van der Waals surface area contributed by atoms with Crippen molar-refractivity contribution < 1.29 is 4.79 Å². The monoisotopic (exact) mass is 360 g/mol. The molecular formula is C22H24N4O. The van der Waals surface area contributed by atoms with Crippen molar-refractivity contribution in [1.82, 2.24) is 9.55 Å². The van der Waals surface area contributed by atoms with Gasteiger partial charge in [-0.05, 0) is 37.0 Å². The van der Waals surface area contributed by atoms with Crippen LogP contribution in [0.25, 0.3) is 11.3 Å². The molecule has 1 atom stereocenters. The van der Waals surface area contributed by atoms with Gasteiger partial charge in [-0.1, -0.05) is 42.5 Å². The molecule has 27 heavy (non-hydrogen) atoms. The number of fused-ring (bicyclic) bond motifs is 1. The van der Waals surface area contributed by atoms with Gasteiger partial charge in [0.05, 0.1) is 11.7 Å². The van der Waals surface area contributed by atoms with Crippen molar-refractivity contribution in [1.29, 1.82) is 0 Å². The number of nitrogens with one attached hydrogen (secondary N) is 1. The van der Waals surface area contributed by atoms with Crippen molar-refractivity contribution in [3.63, 3.8) is 0 Å². The lowest BCUT2D eigenvalue weighted by atomic mass is 10.1. The minimum Gasteiger partial charge on any atom is -0.334 e. The van der Waals surface area contributed by atoms with Crippen molar-refractivity contribution in [3.8, 4) is 11.3 Å². The van der Waals surface area contributed by atoms with Crippen LogP contribution in [0.3, 0.4) is 0 Å². The molecule has 4 rings (SSSR count). The number of amides is 1. The first kappa shape index (κ1) is 17.5. The second kappa shape index (κ2) is 7.76. The normalized spacial score (nSPS) is 14.4. The summed E-state index contributed by atoms with van der Waals surface area (Å²) in [6, 6.07) is 17.0. The first-order chi connectivity index (χ1) is 13.2. The van der Waals surface area contributed by atoms with E-state index in [2.05, 4.69) is 16.1 Å². The lowest BCUT2D eigenvalue weighted by molar-refractivity contribution is -0.117. The molecule has 3 N–H and O–H groups in total. The second-order valence-electron chi connectivity index (χ2n) is 7.06. The van der Waals surface area contributed by atoms with Gasteiger partial charge >= 0.3 is 0 Å². The van der Waals surface area contributed by atoms with Crippen molar-refractivity contribution in [2.24, 2.45) is 5.73 Å². The van der Waals surface area contributed by atoms with E-state index in [1.807, 2.05) is 54.6 Å². The summed E-state index contributed by atoms with van der Waals surface area (Å²) in [7, 11) is 0. The summed E-state index contributed by atoms with van der Waals surface area (Å²) in [4.78, 5) is 17.1. The van der Waals surface area contributed by atoms with Gasteiger partial charge in [0, 0.05) is 30.4 Å². The summed E-state index contributed by atoms with van der Waals surface area (Å²) in [5.74, 6) is 0.990. The fourth-order valence-corrected chi connectivity index (χ4v) is 3.47. The van der Waals surface area contributed by atoms with Crippen LogP contribution >= 0.6 is 0 Å². The summed E-state index contributed by atoms with van der Waals surface area (Å²) in [5.41, 5.74) is 9.90. The third-order valence-corrected chi connectivity index (χ3v) is 4.99. The van der Waals surface area contributed by atoms with Crippen LogP contribution in [0.15, 0.2) is 60.8 Å². The number of hydrogen-bond acceptors (Lipinski definition) is 3. The molecule has 3 aromatic rings. The molecule has 5 nitrogen and oxygen atoms in total. The molecule has 1 amide bonds. The molecule has 1 aliphatic heterocycles. The first-order valence-electron chi connectivity index (χ1n) is 9.46. The lowest BCUT2D eigenvalue weighted by Crippen LogP contribution is -2.37. The molecule has 0 aliphatic carbocycles. The van der Waals surface area contributed by atoms with Crippen molar-refractivity contribution in [2.45, 2.75) is 38.3 Å². The Morgan fingerprint density at radius 3 is 2.63 bits per heavy atom. The molecule has 0 saturated carbocycles. The topological polar surface area (TPSA) is 72.9 Å². The molecule has 0 radical (unpaired) electrons. The molecular weight excluding hydrogens is 336 g/mol. The van der Waals surface area contributed by atoms with Crippen molar-refractivity contribution in [3.05, 3.63) is 72.2 Å². The molecule has 1 unspecified atom stereocenters. The predicted molar refractivity (Wildman–Crippen MR) is 107 cm³/mol. The van der Waals surface area contributed by atoms with Gasteiger partial charge in [-0.2, -0.15) is 0 Å². The van der Waals surface area contributed by atoms with Crippen LogP contribution in [-0.2, 0) is 24.2 Å². The molecule has 0 fully saturated rings. The third kappa shape index (κ3) is 4.09. The Morgan fingerprint density at radius 1 is 1.11 bits per heavy atom. The maximum absolute atomic E-state index is 12.4. The summed E-state index contributed by atoms with van der Waals surface area (Å²) >= 11 is 0. The SMILES string of the molecule is NC(Cc1ccccc1)C(=O)Nc1ccc(-c2cn3c(n2)CCCC3)cc1. The number of carbonyl (C=O) groups is 1. The zero-order chi connectivity index (χ0) is 18.6. The standard InChI is InChI=1S/C22H24N4O/c23-19(14-16-6-2-1-3-7-16)22(27)24-18-11-9-17(10-12-18)20-15-26-13-5-4-8-21(26)25-20/h1-3,6-7,9-12,15,19H,4-5,8,13-14,23H2,(H,24,27). The van der Waals surface area contributed by atoms with E-state index >= 15 is 0 Å². The fourth-order valence-electron chi connectivity index (χ4n) is 3.47. The van der Waals surface area contributed by atoms with Gasteiger partial charge in [-0.15, -0.1) is 0 Å². The van der Waals surface area contributed by atoms with E-state index < -0.39 is 6.04 Å². The van der Waals surface area contributed by atoms with Crippen molar-refractivity contribution >= 4 is 11.6 Å². The van der Waals surface area contributed by atoms with E-state index in [1.54, 1.807) is 0 Å². The third-order valence-electron chi connectivity index (χ3n) is 4.99. The van der Waals surface area contributed by atoms with E-state index in [1.165, 1.54) is 18.7 Å². The molecule has 2 heterocycles. The number of nitrogens with two attached hydrogens (primary N) is 1. The summed E-state index contributed by atoms with van der Waals surface area (Å²) in [6.07, 6.45) is 6.12. The van der Waals surface area contributed by atoms with Gasteiger partial charge in [0.25, 0.3) is 0 Å². The quantitative estimate of drug-likeness (QED) is 0.732. The molecule has 2 aromatic carbocycles. The van der Waals surface area contributed by atoms with Crippen LogP contribution in [0.1, 0.15) is 24.2 Å². The van der Waals surface area contributed by atoms with Crippen LogP contribution in [0.5, 0.6) is 0 Å². The summed E-state index contributed by atoms with van der Waals surface area (Å²) < 4.78 is 2.25. The van der Waals surface area contributed by atoms with Crippen LogP contribution in [-0.4, -0.2) is 21.5 Å². The number of carbonyl (C=O) groups excluding carboxylic acids is 1. The zero-order valence-electron chi connectivity index (χ0n) is 15.3. The number of hydrogen-bond donors (Lipinski definition) is 2. The second-order valence-corrected chi connectivity index (χ2v) is 7.06. The number of benzene rings is 2. The van der Waals surface area contributed by atoms with Crippen LogP contribution in [0.4, 0.5) is 5.69 Å². The van der Waals surface area contributed by atoms with E-state index in [0.717, 1.165) is 35.5 Å². The highest BCUT2D eigenvalue weighted by molar-refractivity contribution is 5.95. The maximum Gasteiger partial charge on any atom is 0.241 e. The Morgan fingerprint density at radius 2 is 1.89 bits per heavy atom. The van der Waals surface area contributed by atoms with Gasteiger partial charge in [0.1, 0.15) is 5.82 Å². The van der Waals surface area contributed by atoms with Crippen molar-refractivity contribution in [2.75, 3.05) is 5.32 Å². The Balaban J connectivity index is 1.40. The number of aromatic nitrogens is 2. The predicted octanol–water partition coefficient (Wildman–Crippen LogP) is 3.39. The van der Waals surface area contributed by atoms with Gasteiger partial charge in [-0.3, -0.25) is 4.79 Å². The van der Waals surface area contributed by atoms with E-state index in [0.29, 0.717) is 6.42 Å². The summed E-state index contributed by atoms with van der Waals surface area (Å²) in [5, 5.41) is 2.90. The molecule has 1 aliphatic rings. The smallest absolute Gasteiger partial charge is 0.241 e. The number of anilines is 1. The first-order valence-corrected chi connectivity index (χ1v) is 9.46. The van der Waals surface area contributed by atoms with Gasteiger partial charge in [0.2, 0.25) is 5.91 Å². The minimum absolute atomic E-state index is 0.177. The molecule has 1 aromatic heterocycles. The fraction of sp³-hybridized carbons (Fsp3) is 0.273. The van der Waals surface area contributed by atoms with Crippen LogP contribution in [0.2, 0.25) is 0 Å². The number of nitrogens with zero attached hydrogens (tertiary/aromatic N) is 2. The average Bonchev–Trinajstić information content (AvgIpc) is 3.13. The summed E-state index contributed by atoms with van der Waals surface area (Å²) in [6.45, 7) is 1.05. The molecule has 5 heteroatoms. The van der Waals surface area contributed by atoms with Gasteiger partial charge in [0.15, 0.2) is 0 Å². The molecule has 0 bridgehead atoms. The highest BCUT2D eigenvalue weighted by atomic mass is 16.2. The Bertz CT molecular complexity index is 892. The van der Waals surface area contributed by atoms with Crippen LogP contribution < -0.4 is 11.1 Å². The Kier molecular flexibility index (Phi) is 5.03. The largest absolute Gasteiger partial charge is 0.334 e. The Hall–Kier alpha value is -2.92. The number of rotatable bonds is 5. The maximum atomic E-state index is 12.4. The highest BCUT2D eigenvalue weighted by Gasteiger charge is 2.15. The van der Waals surface area contributed by atoms with Gasteiger partial charge < -0.3 is 15.6 Å². The zero-order valence-corrected chi connectivity index (χ0v) is 15.3. The highest BCUT2D eigenvalue weighted by Crippen LogP contribution is 2.24.